The van der Waals surface area contributed by atoms with E-state index in [1.165, 1.54) is 0 Å². The van der Waals surface area contributed by atoms with E-state index in [0.717, 1.165) is 39.0 Å². The molecular weight excluding hydrogens is 268 g/mol. The SMILES string of the molecule is COc1ccnc(N(C)CC2CCN(C[C@@H](C)O)CC2)n1. The fourth-order valence-electron chi connectivity index (χ4n) is 2.82. The van der Waals surface area contributed by atoms with Gasteiger partial charge in [0.2, 0.25) is 11.8 Å². The monoisotopic (exact) mass is 294 g/mol. The van der Waals surface area contributed by atoms with Gasteiger partial charge in [-0.2, -0.15) is 4.98 Å². The van der Waals surface area contributed by atoms with E-state index in [4.69, 9.17) is 4.74 Å². The number of methoxy groups -OCH3 is 1. The van der Waals surface area contributed by atoms with E-state index in [0.29, 0.717) is 17.7 Å². The molecule has 0 radical (unpaired) electrons. The average Bonchev–Trinajstić information content (AvgIpc) is 2.49. The lowest BCUT2D eigenvalue weighted by Crippen LogP contribution is -2.40. The van der Waals surface area contributed by atoms with Gasteiger partial charge in [0.05, 0.1) is 13.2 Å². The van der Waals surface area contributed by atoms with Crippen LogP contribution in [-0.2, 0) is 0 Å². The van der Waals surface area contributed by atoms with Gasteiger partial charge in [-0.15, -0.1) is 0 Å². The Morgan fingerprint density at radius 3 is 2.81 bits per heavy atom. The van der Waals surface area contributed by atoms with Crippen LogP contribution in [-0.4, -0.2) is 66.4 Å². The van der Waals surface area contributed by atoms with E-state index < -0.39 is 0 Å². The molecule has 0 amide bonds. The average molecular weight is 294 g/mol. The molecule has 21 heavy (non-hydrogen) atoms. The molecule has 1 aromatic rings. The number of nitrogens with zero attached hydrogens (tertiary/aromatic N) is 4. The van der Waals surface area contributed by atoms with Crippen LogP contribution in [0.3, 0.4) is 0 Å². The van der Waals surface area contributed by atoms with Crippen LogP contribution in [0.15, 0.2) is 12.3 Å². The molecule has 0 saturated carbocycles. The summed E-state index contributed by atoms with van der Waals surface area (Å²) < 4.78 is 5.14. The number of rotatable bonds is 6. The van der Waals surface area contributed by atoms with Gasteiger partial charge in [0.1, 0.15) is 0 Å². The van der Waals surface area contributed by atoms with E-state index in [1.807, 2.05) is 14.0 Å². The lowest BCUT2D eigenvalue weighted by atomic mass is 9.96. The molecule has 0 bridgehead atoms. The molecule has 6 nitrogen and oxygen atoms in total. The summed E-state index contributed by atoms with van der Waals surface area (Å²) in [5, 5.41) is 9.44. The third-order valence-corrected chi connectivity index (χ3v) is 3.93. The minimum atomic E-state index is -0.241. The molecule has 1 fully saturated rings. The van der Waals surface area contributed by atoms with Gasteiger partial charge in [0, 0.05) is 32.4 Å². The molecule has 1 saturated heterocycles. The summed E-state index contributed by atoms with van der Waals surface area (Å²) >= 11 is 0. The Bertz CT molecular complexity index is 433. The third kappa shape index (κ3) is 4.82. The molecule has 0 aromatic carbocycles. The van der Waals surface area contributed by atoms with Crippen molar-refractivity contribution in [3.05, 3.63) is 12.3 Å². The number of aromatic nitrogens is 2. The number of anilines is 1. The Morgan fingerprint density at radius 1 is 1.48 bits per heavy atom. The summed E-state index contributed by atoms with van der Waals surface area (Å²) in [4.78, 5) is 13.1. The maximum Gasteiger partial charge on any atom is 0.228 e. The lowest BCUT2D eigenvalue weighted by Gasteiger charge is -2.34. The summed E-state index contributed by atoms with van der Waals surface area (Å²) in [5.41, 5.74) is 0. The smallest absolute Gasteiger partial charge is 0.228 e. The predicted molar refractivity (Wildman–Crippen MR) is 82.7 cm³/mol. The van der Waals surface area contributed by atoms with Gasteiger partial charge in [-0.25, -0.2) is 4.98 Å². The maximum absolute atomic E-state index is 9.44. The van der Waals surface area contributed by atoms with Crippen molar-refractivity contribution in [2.75, 3.05) is 45.2 Å². The highest BCUT2D eigenvalue weighted by atomic mass is 16.5. The largest absolute Gasteiger partial charge is 0.481 e. The predicted octanol–water partition coefficient (Wildman–Crippen LogP) is 1.01. The number of hydrogen-bond acceptors (Lipinski definition) is 6. The number of β-amino-alcohol motifs (C(OH)–C–C–N with tert-alkyl or cyclic N) is 1. The Morgan fingerprint density at radius 2 is 2.19 bits per heavy atom. The van der Waals surface area contributed by atoms with Crippen LogP contribution in [0.25, 0.3) is 0 Å². The van der Waals surface area contributed by atoms with Crippen LogP contribution in [0, 0.1) is 5.92 Å². The van der Waals surface area contributed by atoms with E-state index in [1.54, 1.807) is 19.4 Å². The van der Waals surface area contributed by atoms with Gasteiger partial charge in [0.25, 0.3) is 0 Å². The Kier molecular flexibility index (Phi) is 5.76. The minimum Gasteiger partial charge on any atom is -0.481 e. The molecule has 1 N–H and O–H groups in total. The van der Waals surface area contributed by atoms with Crippen molar-refractivity contribution in [2.45, 2.75) is 25.9 Å². The minimum absolute atomic E-state index is 0.241. The quantitative estimate of drug-likeness (QED) is 0.845. The number of piperidine rings is 1. The molecule has 0 aliphatic carbocycles. The zero-order chi connectivity index (χ0) is 15.2. The molecule has 6 heteroatoms. The van der Waals surface area contributed by atoms with Gasteiger partial charge in [0.15, 0.2) is 0 Å². The molecule has 0 spiro atoms. The standard InChI is InChI=1S/C15H26N4O2/c1-12(20)10-19-8-5-13(6-9-19)11-18(2)15-16-7-4-14(17-15)21-3/h4,7,12-13,20H,5-6,8-11H2,1-3H3/t12-/m1/s1. The number of aliphatic hydroxyl groups is 1. The normalized spacial score (nSPS) is 18.5. The Hall–Kier alpha value is -1.40. The summed E-state index contributed by atoms with van der Waals surface area (Å²) in [6.45, 7) is 5.70. The third-order valence-electron chi connectivity index (χ3n) is 3.93. The highest BCUT2D eigenvalue weighted by molar-refractivity contribution is 5.30. The van der Waals surface area contributed by atoms with Crippen molar-refractivity contribution in [2.24, 2.45) is 5.92 Å². The summed E-state index contributed by atoms with van der Waals surface area (Å²) in [6.07, 6.45) is 3.79. The zero-order valence-electron chi connectivity index (χ0n) is 13.2. The molecular formula is C15H26N4O2. The molecule has 1 atom stereocenters. The van der Waals surface area contributed by atoms with Crippen molar-refractivity contribution in [1.82, 2.24) is 14.9 Å². The first-order valence-electron chi connectivity index (χ1n) is 7.57. The van der Waals surface area contributed by atoms with Crippen LogP contribution < -0.4 is 9.64 Å². The van der Waals surface area contributed by atoms with E-state index in [9.17, 15) is 5.11 Å². The molecule has 1 aliphatic heterocycles. The van der Waals surface area contributed by atoms with Gasteiger partial charge >= 0.3 is 0 Å². The van der Waals surface area contributed by atoms with E-state index >= 15 is 0 Å². The highest BCUT2D eigenvalue weighted by Crippen LogP contribution is 2.20. The first kappa shape index (κ1) is 16.0. The van der Waals surface area contributed by atoms with Crippen LogP contribution in [0.4, 0.5) is 5.95 Å². The number of likely N-dealkylation sites (tertiary alicyclic amines) is 1. The van der Waals surface area contributed by atoms with Crippen molar-refractivity contribution in [1.29, 1.82) is 0 Å². The number of ether oxygens (including phenoxy) is 1. The second-order valence-electron chi connectivity index (χ2n) is 5.87. The lowest BCUT2D eigenvalue weighted by molar-refractivity contribution is 0.101. The van der Waals surface area contributed by atoms with E-state index in [-0.39, 0.29) is 6.10 Å². The van der Waals surface area contributed by atoms with Crippen LogP contribution in [0.2, 0.25) is 0 Å². The van der Waals surface area contributed by atoms with Crippen LogP contribution in [0.1, 0.15) is 19.8 Å². The van der Waals surface area contributed by atoms with E-state index in [2.05, 4.69) is 19.8 Å². The highest BCUT2D eigenvalue weighted by Gasteiger charge is 2.21. The van der Waals surface area contributed by atoms with Gasteiger partial charge in [-0.3, -0.25) is 0 Å². The first-order valence-corrected chi connectivity index (χ1v) is 7.57. The maximum atomic E-state index is 9.44. The number of aliphatic hydroxyl groups excluding tert-OH is 1. The summed E-state index contributed by atoms with van der Waals surface area (Å²) in [7, 11) is 3.64. The number of hydrogen-bond donors (Lipinski definition) is 1. The fourth-order valence-corrected chi connectivity index (χ4v) is 2.82. The Labute approximate surface area is 126 Å². The van der Waals surface area contributed by atoms with Crippen molar-refractivity contribution >= 4 is 5.95 Å². The van der Waals surface area contributed by atoms with Gasteiger partial charge < -0.3 is 19.6 Å². The van der Waals surface area contributed by atoms with Gasteiger partial charge in [-0.1, -0.05) is 0 Å². The van der Waals surface area contributed by atoms with Crippen LogP contribution >= 0.6 is 0 Å². The van der Waals surface area contributed by atoms with Crippen molar-refractivity contribution in [3.8, 4) is 5.88 Å². The first-order chi connectivity index (χ1) is 10.1. The van der Waals surface area contributed by atoms with Crippen molar-refractivity contribution < 1.29 is 9.84 Å². The second-order valence-corrected chi connectivity index (χ2v) is 5.87. The summed E-state index contributed by atoms with van der Waals surface area (Å²) in [6, 6.07) is 1.76. The van der Waals surface area contributed by atoms with Crippen LogP contribution in [0.5, 0.6) is 5.88 Å². The molecule has 1 aliphatic rings. The molecule has 2 heterocycles. The topological polar surface area (TPSA) is 61.7 Å². The second kappa shape index (κ2) is 7.56. The molecule has 0 unspecified atom stereocenters. The zero-order valence-corrected chi connectivity index (χ0v) is 13.2. The molecule has 2 rings (SSSR count). The van der Waals surface area contributed by atoms with Crippen molar-refractivity contribution in [3.63, 3.8) is 0 Å². The Balaban J connectivity index is 1.82. The summed E-state index contributed by atoms with van der Waals surface area (Å²) in [5.74, 6) is 1.95. The molecule has 1 aromatic heterocycles. The molecule has 118 valence electrons. The van der Waals surface area contributed by atoms with Gasteiger partial charge in [-0.05, 0) is 38.8 Å². The fraction of sp³-hybridized carbons (Fsp3) is 0.733.